The van der Waals surface area contributed by atoms with Crippen molar-refractivity contribution in [1.29, 1.82) is 0 Å². The maximum absolute atomic E-state index is 3.02. The zero-order chi connectivity index (χ0) is 30.6. The van der Waals surface area contributed by atoms with Crippen LogP contribution in [-0.2, 0) is 20.4 Å². The molecule has 0 N–H and O–H groups in total. The smallest absolute Gasteiger partial charge is 1.00 e. The first-order valence-corrected chi connectivity index (χ1v) is 17.4. The molecule has 1 aliphatic rings. The third kappa shape index (κ3) is 5.85. The molecule has 4 rings (SSSR count). The Hall–Kier alpha value is -1.66. The molecule has 0 aliphatic heterocycles. The summed E-state index contributed by atoms with van der Waals surface area (Å²) in [6, 6.07) is 20.8. The second-order valence-electron chi connectivity index (χ2n) is 12.6. The summed E-state index contributed by atoms with van der Waals surface area (Å²) in [5.41, 5.74) is 14.0. The number of halogens is 3. The molecule has 0 saturated heterocycles. The molecule has 0 spiro atoms. The topological polar surface area (TPSA) is 9.72 Å². The minimum Gasteiger partial charge on any atom is -1.00 e. The molecule has 0 saturated carbocycles. The molecule has 3 nitrogen and oxygen atoms in total. The fourth-order valence-electron chi connectivity index (χ4n) is 7.44. The van der Waals surface area contributed by atoms with E-state index >= 15 is 0 Å². The number of nitrogens with zero attached hydrogens (tertiary/aromatic N) is 3. The van der Waals surface area contributed by atoms with Crippen LogP contribution in [0.5, 0.6) is 0 Å². The van der Waals surface area contributed by atoms with Crippen molar-refractivity contribution in [2.75, 3.05) is 57.0 Å². The third-order valence-electron chi connectivity index (χ3n) is 9.70. The number of aryl methyl sites for hydroxylation is 3. The van der Waals surface area contributed by atoms with Gasteiger partial charge in [0, 0.05) is 0 Å². The van der Waals surface area contributed by atoms with Gasteiger partial charge in [0.1, 0.15) is 0 Å². The summed E-state index contributed by atoms with van der Waals surface area (Å²) >= 11 is 2.59. The van der Waals surface area contributed by atoms with E-state index in [1.807, 2.05) is 0 Å². The third-order valence-corrected chi connectivity index (χ3v) is 18.7. The zero-order valence-electron chi connectivity index (χ0n) is 28.7. The number of allylic oxidation sites excluding steroid dienone is 4. The summed E-state index contributed by atoms with van der Waals surface area (Å²) in [6.07, 6.45) is 0. The van der Waals surface area contributed by atoms with Gasteiger partial charge in [-0.15, -0.1) is 0 Å². The molecule has 0 aromatic heterocycles. The molecular weight excluding hydrogens is 657 g/mol. The van der Waals surface area contributed by atoms with Crippen LogP contribution in [0, 0.1) is 20.8 Å². The summed E-state index contributed by atoms with van der Waals surface area (Å²) in [5, 5.41) is 4.55. The van der Waals surface area contributed by atoms with Crippen LogP contribution in [0.4, 0.5) is 17.1 Å². The van der Waals surface area contributed by atoms with Gasteiger partial charge in [-0.05, 0) is 0 Å². The fraction of sp³-hybridized carbons (Fsp3) is 0.389. The van der Waals surface area contributed by atoms with Crippen molar-refractivity contribution >= 4 is 40.7 Å². The van der Waals surface area contributed by atoms with E-state index in [0.717, 1.165) is 0 Å². The molecule has 3 aromatic rings. The number of benzene rings is 3. The van der Waals surface area contributed by atoms with Gasteiger partial charge >= 0.3 is 264 Å². The predicted molar refractivity (Wildman–Crippen MR) is 181 cm³/mol. The Morgan fingerprint density at radius 3 is 0.955 bits per heavy atom. The summed E-state index contributed by atoms with van der Waals surface area (Å²) in [7, 11) is 10.3. The van der Waals surface area contributed by atoms with Crippen molar-refractivity contribution < 1.29 is 57.7 Å². The molecule has 1 aliphatic carbocycles. The number of rotatable bonds is 7. The van der Waals surface area contributed by atoms with E-state index in [2.05, 4.69) is 180 Å². The van der Waals surface area contributed by atoms with E-state index < -0.39 is 8.07 Å². The van der Waals surface area contributed by atoms with Crippen molar-refractivity contribution in [2.24, 2.45) is 0 Å². The van der Waals surface area contributed by atoms with E-state index in [1.165, 1.54) is 71.6 Å². The Morgan fingerprint density at radius 1 is 0.477 bits per heavy atom. The van der Waals surface area contributed by atoms with Crippen molar-refractivity contribution in [1.82, 2.24) is 0 Å². The van der Waals surface area contributed by atoms with Gasteiger partial charge in [0.15, 0.2) is 0 Å². The number of hydrogen-bond donors (Lipinski definition) is 0. The van der Waals surface area contributed by atoms with E-state index in [1.54, 1.807) is 0 Å². The van der Waals surface area contributed by atoms with Crippen LogP contribution in [-0.4, -0.2) is 50.4 Å². The second kappa shape index (κ2) is 14.8. The monoisotopic (exact) mass is 703 g/mol. The van der Waals surface area contributed by atoms with Crippen molar-refractivity contribution in [3.8, 4) is 0 Å². The summed E-state index contributed by atoms with van der Waals surface area (Å²) < 4.78 is -0.203. The molecule has 0 atom stereocenters. The van der Waals surface area contributed by atoms with Crippen LogP contribution in [0.3, 0.4) is 0 Å². The standard InChI is InChI=1S/C36H48N3Si.3ClH.Ti/c1-23-17-14-20-30(37(8)9)33(23)40(36-28(6)26(4)27(5)29(36)7,34-24(2)18-15-21-31(34)38(10)11)35-25(3)19-16-22-32(35)39(12)13;;;;/h14-22H,1-13H3;3*1H;/q;;;;+3/p-3. The van der Waals surface area contributed by atoms with E-state index in [-0.39, 0.29) is 40.6 Å². The maximum atomic E-state index is 2.59. The molecule has 0 heterocycles. The van der Waals surface area contributed by atoms with Gasteiger partial charge in [0.25, 0.3) is 0 Å². The van der Waals surface area contributed by atoms with Gasteiger partial charge in [0.2, 0.25) is 0 Å². The van der Waals surface area contributed by atoms with Crippen LogP contribution >= 0.6 is 0 Å². The van der Waals surface area contributed by atoms with Crippen molar-refractivity contribution in [2.45, 2.75) is 51.8 Å². The molecule has 0 amide bonds. The molecule has 44 heavy (non-hydrogen) atoms. The van der Waals surface area contributed by atoms with E-state index in [0.29, 0.717) is 0 Å². The Morgan fingerprint density at radius 2 is 0.727 bits per heavy atom. The maximum Gasteiger partial charge on any atom is -1.00 e. The molecule has 0 bridgehead atoms. The fourth-order valence-corrected chi connectivity index (χ4v) is 17.3. The average Bonchev–Trinajstić information content (AvgIpc) is 3.06. The van der Waals surface area contributed by atoms with E-state index in [4.69, 9.17) is 0 Å². The van der Waals surface area contributed by atoms with Crippen LogP contribution in [0.1, 0.15) is 44.4 Å². The van der Waals surface area contributed by atoms with Gasteiger partial charge in [-0.3, -0.25) is 0 Å². The Bertz CT molecular complexity index is 1410. The van der Waals surface area contributed by atoms with Crippen molar-refractivity contribution in [3.05, 3.63) is 93.6 Å². The first kappa shape index (κ1) is 40.4. The van der Waals surface area contributed by atoms with Crippen LogP contribution < -0.4 is 67.5 Å². The molecule has 0 unspecified atom stereocenters. The van der Waals surface area contributed by atoms with Crippen LogP contribution in [0.25, 0.3) is 0 Å². The first-order valence-electron chi connectivity index (χ1n) is 14.6. The SMILES string of the molecule is CC1=C(C)[C]([Ti+3])([Si](c2c(C)cccc2N(C)C)(c2c(C)cccc2N(C)C)c2c(C)cccc2N(C)C)C(C)=C1C.[Cl-].[Cl-].[Cl-]. The minimum absolute atomic E-state index is 0. The molecular formula is C36H48Cl3N3SiTi. The molecule has 0 fully saturated rings. The van der Waals surface area contributed by atoms with Crippen LogP contribution in [0.2, 0.25) is 3.34 Å². The number of anilines is 3. The predicted octanol–water partition coefficient (Wildman–Crippen LogP) is -2.78. The Kier molecular flexibility index (Phi) is 13.6. The summed E-state index contributed by atoms with van der Waals surface area (Å²) in [4.78, 5) is 7.05. The average molecular weight is 705 g/mol. The molecule has 8 heteroatoms. The second-order valence-corrected chi connectivity index (χ2v) is 18.3. The molecule has 236 valence electrons. The normalized spacial score (nSPS) is 14.1. The molecule has 3 aromatic carbocycles. The zero-order valence-corrected chi connectivity index (χ0v) is 33.5. The van der Waals surface area contributed by atoms with Crippen molar-refractivity contribution in [3.63, 3.8) is 0 Å². The minimum atomic E-state index is -3.02. The van der Waals surface area contributed by atoms with Gasteiger partial charge in [0.05, 0.1) is 0 Å². The largest absolute Gasteiger partial charge is 1.00 e. The number of hydrogen-bond acceptors (Lipinski definition) is 3. The quantitative estimate of drug-likeness (QED) is 0.195. The summed E-state index contributed by atoms with van der Waals surface area (Å²) in [5.74, 6) is 0. The Labute approximate surface area is 298 Å². The summed E-state index contributed by atoms with van der Waals surface area (Å²) in [6.45, 7) is 16.6. The van der Waals surface area contributed by atoms with Gasteiger partial charge in [-0.1, -0.05) is 0 Å². The van der Waals surface area contributed by atoms with E-state index in [9.17, 15) is 0 Å². The van der Waals surface area contributed by atoms with Gasteiger partial charge in [-0.2, -0.15) is 0 Å². The van der Waals surface area contributed by atoms with Gasteiger partial charge < -0.3 is 37.2 Å². The van der Waals surface area contributed by atoms with Gasteiger partial charge in [-0.25, -0.2) is 0 Å². The Balaban J connectivity index is 0.00000323. The van der Waals surface area contributed by atoms with Crippen LogP contribution in [0.15, 0.2) is 76.9 Å². The molecule has 0 radical (unpaired) electrons. The first-order chi connectivity index (χ1) is 19.1.